The molecule has 0 bridgehead atoms. The zero-order valence-electron chi connectivity index (χ0n) is 6.65. The lowest BCUT2D eigenvalue weighted by molar-refractivity contribution is -0.136. The van der Waals surface area contributed by atoms with Crippen molar-refractivity contribution in [3.05, 3.63) is 34.2 Å². The minimum absolute atomic E-state index is 0.101. The van der Waals surface area contributed by atoms with Gasteiger partial charge in [0.2, 0.25) is 0 Å². The van der Waals surface area contributed by atoms with E-state index in [1.165, 1.54) is 10.6 Å². The SMILES string of the molecule is Cn1ccc(CC(=O)O)cc1=O. The summed E-state index contributed by atoms with van der Waals surface area (Å²) in [6, 6.07) is 2.95. The van der Waals surface area contributed by atoms with Gasteiger partial charge in [-0.1, -0.05) is 0 Å². The molecule has 0 atom stereocenters. The van der Waals surface area contributed by atoms with Crippen LogP contribution in [0, 0.1) is 0 Å². The fourth-order valence-electron chi connectivity index (χ4n) is 0.874. The summed E-state index contributed by atoms with van der Waals surface area (Å²) in [4.78, 5) is 21.2. The van der Waals surface area contributed by atoms with Gasteiger partial charge in [-0.2, -0.15) is 0 Å². The van der Waals surface area contributed by atoms with Crippen LogP contribution < -0.4 is 5.56 Å². The number of hydrogen-bond acceptors (Lipinski definition) is 2. The number of aromatic nitrogens is 1. The molecule has 0 aliphatic rings. The number of pyridine rings is 1. The molecule has 0 fully saturated rings. The minimum atomic E-state index is -0.928. The van der Waals surface area contributed by atoms with Crippen molar-refractivity contribution < 1.29 is 9.90 Å². The van der Waals surface area contributed by atoms with Crippen LogP contribution in [0.1, 0.15) is 5.56 Å². The molecule has 1 heterocycles. The minimum Gasteiger partial charge on any atom is -0.481 e. The standard InChI is InChI=1S/C8H9NO3/c1-9-3-2-6(4-7(9)10)5-8(11)12/h2-4H,5H2,1H3,(H,11,12). The lowest BCUT2D eigenvalue weighted by Gasteiger charge is -1.98. The zero-order valence-corrected chi connectivity index (χ0v) is 6.65. The molecule has 12 heavy (non-hydrogen) atoms. The van der Waals surface area contributed by atoms with E-state index in [4.69, 9.17) is 5.11 Å². The third kappa shape index (κ3) is 1.95. The van der Waals surface area contributed by atoms with E-state index < -0.39 is 5.97 Å². The van der Waals surface area contributed by atoms with E-state index in [9.17, 15) is 9.59 Å². The Morgan fingerprint density at radius 2 is 2.33 bits per heavy atom. The smallest absolute Gasteiger partial charge is 0.307 e. The number of carboxylic acids is 1. The molecule has 64 valence electrons. The van der Waals surface area contributed by atoms with Crippen molar-refractivity contribution in [2.24, 2.45) is 7.05 Å². The molecule has 0 saturated carbocycles. The van der Waals surface area contributed by atoms with E-state index >= 15 is 0 Å². The predicted molar refractivity (Wildman–Crippen MR) is 43.0 cm³/mol. The van der Waals surface area contributed by atoms with Crippen molar-refractivity contribution in [1.82, 2.24) is 4.57 Å². The first-order valence-corrected chi connectivity index (χ1v) is 3.47. The van der Waals surface area contributed by atoms with Gasteiger partial charge in [0.15, 0.2) is 0 Å². The Balaban J connectivity index is 2.97. The highest BCUT2D eigenvalue weighted by molar-refractivity contribution is 5.69. The molecular formula is C8H9NO3. The summed E-state index contributed by atoms with van der Waals surface area (Å²) in [7, 11) is 1.62. The van der Waals surface area contributed by atoms with E-state index in [-0.39, 0.29) is 12.0 Å². The lowest BCUT2D eigenvalue weighted by Crippen LogP contribution is -2.16. The molecule has 0 saturated heterocycles. The van der Waals surface area contributed by atoms with Gasteiger partial charge in [-0.3, -0.25) is 9.59 Å². The molecule has 0 radical (unpaired) electrons. The lowest BCUT2D eigenvalue weighted by atomic mass is 10.2. The Hall–Kier alpha value is -1.58. The van der Waals surface area contributed by atoms with Gasteiger partial charge in [0.1, 0.15) is 0 Å². The van der Waals surface area contributed by atoms with Crippen LogP contribution in [0.4, 0.5) is 0 Å². The highest BCUT2D eigenvalue weighted by Crippen LogP contribution is 1.94. The van der Waals surface area contributed by atoms with Gasteiger partial charge in [0.25, 0.3) is 5.56 Å². The van der Waals surface area contributed by atoms with Crippen molar-refractivity contribution >= 4 is 5.97 Å². The first-order chi connectivity index (χ1) is 5.59. The van der Waals surface area contributed by atoms with Crippen molar-refractivity contribution in [3.8, 4) is 0 Å². The Labute approximate surface area is 69.1 Å². The number of nitrogens with zero attached hydrogens (tertiary/aromatic N) is 1. The summed E-state index contributed by atoms with van der Waals surface area (Å²) in [6.07, 6.45) is 1.46. The van der Waals surface area contributed by atoms with Crippen molar-refractivity contribution in [2.75, 3.05) is 0 Å². The first kappa shape index (κ1) is 8.52. The summed E-state index contributed by atoms with van der Waals surface area (Å²) in [5.41, 5.74) is 0.347. The van der Waals surface area contributed by atoms with Crippen molar-refractivity contribution in [2.45, 2.75) is 6.42 Å². The van der Waals surface area contributed by atoms with Gasteiger partial charge in [-0.05, 0) is 11.6 Å². The van der Waals surface area contributed by atoms with E-state index in [0.29, 0.717) is 5.56 Å². The molecule has 0 unspecified atom stereocenters. The molecule has 1 aromatic rings. The Bertz CT molecular complexity index is 354. The number of carbonyl (C=O) groups is 1. The van der Waals surface area contributed by atoms with E-state index in [0.717, 1.165) is 0 Å². The number of hydrogen-bond donors (Lipinski definition) is 1. The molecule has 0 aliphatic carbocycles. The van der Waals surface area contributed by atoms with Gasteiger partial charge in [-0.15, -0.1) is 0 Å². The average molecular weight is 167 g/mol. The maximum atomic E-state index is 11.0. The predicted octanol–water partition coefficient (Wildman–Crippen LogP) is 0.0124. The maximum Gasteiger partial charge on any atom is 0.307 e. The van der Waals surface area contributed by atoms with Crippen LogP contribution in [0.5, 0.6) is 0 Å². The molecule has 4 nitrogen and oxygen atoms in total. The number of aryl methyl sites for hydroxylation is 1. The summed E-state index contributed by atoms with van der Waals surface area (Å²) >= 11 is 0. The van der Waals surface area contributed by atoms with Crippen LogP contribution >= 0.6 is 0 Å². The van der Waals surface area contributed by atoms with Crippen LogP contribution in [-0.4, -0.2) is 15.6 Å². The monoisotopic (exact) mass is 167 g/mol. The van der Waals surface area contributed by atoms with Crippen LogP contribution in [0.15, 0.2) is 23.1 Å². The summed E-state index contributed by atoms with van der Waals surface area (Å²) in [5, 5.41) is 8.42. The van der Waals surface area contributed by atoms with Gasteiger partial charge in [0, 0.05) is 19.3 Å². The molecule has 0 aliphatic heterocycles. The fourth-order valence-corrected chi connectivity index (χ4v) is 0.874. The molecule has 1 rings (SSSR count). The largest absolute Gasteiger partial charge is 0.481 e. The third-order valence-electron chi connectivity index (χ3n) is 1.52. The molecule has 4 heteroatoms. The van der Waals surface area contributed by atoms with E-state index in [2.05, 4.69) is 0 Å². The van der Waals surface area contributed by atoms with Gasteiger partial charge in [-0.25, -0.2) is 0 Å². The van der Waals surface area contributed by atoms with Crippen LogP contribution in [-0.2, 0) is 18.3 Å². The van der Waals surface area contributed by atoms with Gasteiger partial charge < -0.3 is 9.67 Å². The second-order valence-corrected chi connectivity index (χ2v) is 2.55. The Morgan fingerprint density at radius 1 is 1.67 bits per heavy atom. The van der Waals surface area contributed by atoms with Crippen molar-refractivity contribution in [3.63, 3.8) is 0 Å². The first-order valence-electron chi connectivity index (χ1n) is 3.47. The number of carboxylic acid groups (broad SMARTS) is 1. The molecule has 0 aromatic carbocycles. The Kier molecular flexibility index (Phi) is 2.28. The number of rotatable bonds is 2. The topological polar surface area (TPSA) is 59.3 Å². The fraction of sp³-hybridized carbons (Fsp3) is 0.250. The van der Waals surface area contributed by atoms with E-state index in [1.54, 1.807) is 19.3 Å². The molecule has 1 N–H and O–H groups in total. The van der Waals surface area contributed by atoms with Gasteiger partial charge >= 0.3 is 5.97 Å². The van der Waals surface area contributed by atoms with E-state index in [1.807, 2.05) is 0 Å². The van der Waals surface area contributed by atoms with Gasteiger partial charge in [0.05, 0.1) is 6.42 Å². The number of aliphatic carboxylic acids is 1. The maximum absolute atomic E-state index is 11.0. The molecule has 1 aromatic heterocycles. The zero-order chi connectivity index (χ0) is 9.14. The van der Waals surface area contributed by atoms with Crippen LogP contribution in [0.3, 0.4) is 0 Å². The highest BCUT2D eigenvalue weighted by atomic mass is 16.4. The quantitative estimate of drug-likeness (QED) is 0.675. The average Bonchev–Trinajstić information content (AvgIpc) is 1.96. The normalized spacial score (nSPS) is 9.75. The molecule has 0 spiro atoms. The van der Waals surface area contributed by atoms with Crippen molar-refractivity contribution in [1.29, 1.82) is 0 Å². The Morgan fingerprint density at radius 3 is 2.83 bits per heavy atom. The molecular weight excluding hydrogens is 158 g/mol. The second kappa shape index (κ2) is 3.21. The third-order valence-corrected chi connectivity index (χ3v) is 1.52. The highest BCUT2D eigenvalue weighted by Gasteiger charge is 2.00. The second-order valence-electron chi connectivity index (χ2n) is 2.55. The summed E-state index contributed by atoms with van der Waals surface area (Å²) < 4.78 is 1.39. The molecule has 0 amide bonds. The van der Waals surface area contributed by atoms with Crippen LogP contribution in [0.25, 0.3) is 0 Å². The summed E-state index contributed by atoms with van der Waals surface area (Å²) in [5.74, 6) is -0.928. The summed E-state index contributed by atoms with van der Waals surface area (Å²) in [6.45, 7) is 0. The van der Waals surface area contributed by atoms with Crippen LogP contribution in [0.2, 0.25) is 0 Å².